The van der Waals surface area contributed by atoms with Crippen LogP contribution in [0.5, 0.6) is 0 Å². The average molecular weight is 1620 g/mol. The van der Waals surface area contributed by atoms with Crippen molar-refractivity contribution >= 4 is 17.9 Å². The quantitative estimate of drug-likeness (QED) is 0.0274. The van der Waals surface area contributed by atoms with Crippen molar-refractivity contribution in [1.29, 1.82) is 0 Å². The number of aliphatic hydroxyl groups is 20. The summed E-state index contributed by atoms with van der Waals surface area (Å²) in [5, 5.41) is 206. The molecule has 17 atom stereocenters. The lowest BCUT2D eigenvalue weighted by Gasteiger charge is -2.33. The highest BCUT2D eigenvalue weighted by Crippen LogP contribution is 2.44. The van der Waals surface area contributed by atoms with Crippen LogP contribution in [0.25, 0.3) is 11.1 Å². The van der Waals surface area contributed by atoms with Gasteiger partial charge in [0.2, 0.25) is 11.8 Å². The largest absolute Gasteiger partial charge is 0.449 e. The molecule has 0 aromatic heterocycles. The Kier molecular flexibility index (Phi) is 55.8. The van der Waals surface area contributed by atoms with Crippen LogP contribution in [-0.4, -0.2) is 478 Å². The maximum atomic E-state index is 13.5. The van der Waals surface area contributed by atoms with Crippen molar-refractivity contribution in [2.24, 2.45) is 0 Å². The van der Waals surface area contributed by atoms with E-state index in [0.29, 0.717) is 0 Å². The van der Waals surface area contributed by atoms with Gasteiger partial charge in [0.25, 0.3) is 0 Å². The van der Waals surface area contributed by atoms with E-state index >= 15 is 0 Å². The van der Waals surface area contributed by atoms with Crippen LogP contribution in [0.1, 0.15) is 23.5 Å². The highest BCUT2D eigenvalue weighted by Gasteiger charge is 2.37. The molecular formula is C71H125N5O36. The predicted molar refractivity (Wildman–Crippen MR) is 390 cm³/mol. The second-order valence-corrected chi connectivity index (χ2v) is 25.9. The molecular weight excluding hydrogens is 1500 g/mol. The Labute approximate surface area is 650 Å². The fourth-order valence-corrected chi connectivity index (χ4v) is 10.9. The Hall–Kier alpha value is -4.71. The molecule has 41 nitrogen and oxygen atoms in total. The van der Waals surface area contributed by atoms with Crippen molar-refractivity contribution in [2.75, 3.05) is 244 Å². The molecule has 0 radical (unpaired) electrons. The molecule has 112 heavy (non-hydrogen) atoms. The number of ether oxygens (including phenoxy) is 13. The smallest absolute Gasteiger partial charge is 0.407 e. The van der Waals surface area contributed by atoms with Gasteiger partial charge in [-0.15, -0.1) is 0 Å². The van der Waals surface area contributed by atoms with Crippen LogP contribution >= 0.6 is 0 Å². The van der Waals surface area contributed by atoms with E-state index in [0.717, 1.165) is 22.3 Å². The Morgan fingerprint density at radius 1 is 0.330 bits per heavy atom. The number of nitrogens with zero attached hydrogens (tertiary/aromatic N) is 2. The predicted octanol–water partition coefficient (Wildman–Crippen LogP) is -10.9. The van der Waals surface area contributed by atoms with Crippen molar-refractivity contribution in [3.63, 3.8) is 0 Å². The van der Waals surface area contributed by atoms with Gasteiger partial charge >= 0.3 is 6.09 Å². The molecule has 0 saturated heterocycles. The highest BCUT2D eigenvalue weighted by molar-refractivity contribution is 5.91. The molecule has 41 heteroatoms. The van der Waals surface area contributed by atoms with Gasteiger partial charge in [0.15, 0.2) is 0 Å². The van der Waals surface area contributed by atoms with Crippen molar-refractivity contribution in [3.05, 3.63) is 59.7 Å². The summed E-state index contributed by atoms with van der Waals surface area (Å²) in [5.41, 5.74) is 4.05. The minimum atomic E-state index is -1.92. The van der Waals surface area contributed by atoms with E-state index in [4.69, 9.17) is 82.0 Å². The molecule has 0 saturated carbocycles. The zero-order chi connectivity index (χ0) is 82.4. The Morgan fingerprint density at radius 3 is 0.866 bits per heavy atom. The number of rotatable bonds is 72. The van der Waals surface area contributed by atoms with Gasteiger partial charge in [-0.25, -0.2) is 4.79 Å². The number of nitrogens with one attached hydrogen (secondary N) is 3. The normalized spacial score (nSPS) is 17.1. The monoisotopic (exact) mass is 1620 g/mol. The molecule has 650 valence electrons. The minimum absolute atomic E-state index is 0.0109. The second-order valence-electron chi connectivity index (χ2n) is 25.9. The molecule has 0 aliphatic heterocycles. The van der Waals surface area contributed by atoms with E-state index in [-0.39, 0.29) is 197 Å². The van der Waals surface area contributed by atoms with E-state index in [1.807, 2.05) is 48.5 Å². The molecule has 1 aliphatic carbocycles. The third-order valence-corrected chi connectivity index (χ3v) is 17.4. The molecule has 2 aromatic rings. The first kappa shape index (κ1) is 101. The number of hydrogen-bond acceptors (Lipinski definition) is 38. The Bertz CT molecular complexity index is 2600. The zero-order valence-electron chi connectivity index (χ0n) is 63.3. The standard InChI is InChI=1S/C71H125N5O36/c77-42-57(85)66(94)62(90)53(81)38-75(39-54(82)63(91)67(95)58(86)43-78)11-15-102-19-23-106-27-31-110-35-33-108-29-25-104-21-17-100-13-9-72-61(89)37-52(74-71(99)112-46-51-49-7-3-1-5-47(49)48-6-2-4-8-50(48)51)70(98)73-10-14-101-18-22-105-26-30-109-34-36-111-32-28-107-24-20-103-16-12-76(40-55(83)64(92)68(96)59(87)44-79)41-56(84)65(93)69(97)60(88)45-80/h1-8,51-60,62-69,77-88,90-97H,9-46H2,(H,72,89)(H,73,98)(H,74,99)/t52-,53-,54-,55-,56-,57+,58+,59+,60+,62+,63+,64+,65+,66+,67+,68+,69+/m0/s1. The topological polar surface area (TPSA) is 618 Å². The lowest BCUT2D eigenvalue weighted by Crippen LogP contribution is -2.53. The van der Waals surface area contributed by atoms with Crippen LogP contribution in [0.2, 0.25) is 0 Å². The van der Waals surface area contributed by atoms with Crippen molar-refractivity contribution in [2.45, 2.75) is 116 Å². The van der Waals surface area contributed by atoms with Gasteiger partial charge < -0.3 is 180 Å². The Morgan fingerprint density at radius 2 is 0.580 bits per heavy atom. The molecule has 0 unspecified atom stereocenters. The number of fused-ring (bicyclic) bond motifs is 3. The van der Waals surface area contributed by atoms with E-state index in [1.54, 1.807) is 0 Å². The number of hydrogen-bond donors (Lipinski definition) is 23. The number of benzene rings is 2. The van der Waals surface area contributed by atoms with Gasteiger partial charge in [-0.2, -0.15) is 0 Å². The van der Waals surface area contributed by atoms with Gasteiger partial charge in [-0.3, -0.25) is 19.4 Å². The molecule has 3 amide bonds. The number of carbonyl (C=O) groups excluding carboxylic acids is 3. The number of alkyl carbamates (subject to hydrolysis) is 1. The first-order valence-electron chi connectivity index (χ1n) is 37.3. The fourth-order valence-electron chi connectivity index (χ4n) is 10.9. The van der Waals surface area contributed by atoms with Crippen LogP contribution < -0.4 is 16.0 Å². The van der Waals surface area contributed by atoms with Crippen molar-refractivity contribution in [1.82, 2.24) is 25.8 Å². The average Bonchev–Trinajstić information content (AvgIpc) is 1.62. The molecule has 0 fully saturated rings. The number of carbonyl (C=O) groups is 3. The lowest BCUT2D eigenvalue weighted by molar-refractivity contribution is -0.131. The van der Waals surface area contributed by atoms with Crippen LogP contribution in [0.3, 0.4) is 0 Å². The molecule has 3 rings (SSSR count). The first-order valence-corrected chi connectivity index (χ1v) is 37.3. The van der Waals surface area contributed by atoms with Crippen LogP contribution in [-0.2, 0) is 71.2 Å². The van der Waals surface area contributed by atoms with Gasteiger partial charge in [-0.1, -0.05) is 48.5 Å². The van der Waals surface area contributed by atoms with Crippen molar-refractivity contribution in [3.8, 4) is 11.1 Å². The number of aliphatic hydroxyl groups excluding tert-OH is 20. The Balaban J connectivity index is 1.26. The van der Waals surface area contributed by atoms with Gasteiger partial charge in [0, 0.05) is 58.3 Å². The summed E-state index contributed by atoms with van der Waals surface area (Å²) in [7, 11) is 0. The SMILES string of the molecule is O=C(C[C@H](NC(=O)OCC1c2ccccc2-c2ccccc21)C(=O)NCCOCCOCCOCCOCCOCCOCCN(C[C@H](O)[C@@H](O)[C@H](O)[C@H](O)CO)C[C@H](O)[C@@H](O)[C@H](O)[C@H](O)CO)NCCOCCOCCOCCOCCOCCOCCN(C[C@H](O)[C@@H](O)[C@H](O)[C@H](O)CO)C[C@H](O)[C@@H](O)[C@H](O)[C@H](O)CO. The van der Waals surface area contributed by atoms with Crippen molar-refractivity contribution < 1.29 is 178 Å². The highest BCUT2D eigenvalue weighted by atomic mass is 16.6. The van der Waals surface area contributed by atoms with E-state index in [1.165, 1.54) is 9.80 Å². The molecule has 1 aliphatic rings. The molecule has 23 N–H and O–H groups in total. The van der Waals surface area contributed by atoms with Crippen LogP contribution in [0.15, 0.2) is 48.5 Å². The molecule has 0 spiro atoms. The maximum Gasteiger partial charge on any atom is 0.407 e. The van der Waals surface area contributed by atoms with E-state index in [2.05, 4.69) is 16.0 Å². The third kappa shape index (κ3) is 41.4. The molecule has 0 heterocycles. The summed E-state index contributed by atoms with van der Waals surface area (Å²) in [4.78, 5) is 42.6. The minimum Gasteiger partial charge on any atom is -0.449 e. The number of amides is 3. The lowest BCUT2D eigenvalue weighted by atomic mass is 9.98. The van der Waals surface area contributed by atoms with Gasteiger partial charge in [0.1, 0.15) is 85.9 Å². The summed E-state index contributed by atoms with van der Waals surface area (Å²) in [6.45, 7) is -0.558. The van der Waals surface area contributed by atoms with Gasteiger partial charge in [-0.05, 0) is 22.3 Å². The van der Waals surface area contributed by atoms with E-state index < -0.39 is 181 Å². The molecule has 2 aromatic carbocycles. The van der Waals surface area contributed by atoms with Gasteiger partial charge in [0.05, 0.1) is 216 Å². The maximum absolute atomic E-state index is 13.5. The third-order valence-electron chi connectivity index (χ3n) is 17.4. The zero-order valence-corrected chi connectivity index (χ0v) is 63.3. The summed E-state index contributed by atoms with van der Waals surface area (Å²) >= 11 is 0. The summed E-state index contributed by atoms with van der Waals surface area (Å²) < 4.78 is 72.2. The van der Waals surface area contributed by atoms with Crippen LogP contribution in [0.4, 0.5) is 4.79 Å². The summed E-state index contributed by atoms with van der Waals surface area (Å²) in [6, 6.07) is 14.3. The fraction of sp³-hybridized carbons (Fsp3) is 0.789. The summed E-state index contributed by atoms with van der Waals surface area (Å²) in [6.07, 6.45) is -30.5. The van der Waals surface area contributed by atoms with E-state index in [9.17, 15) is 96.1 Å². The first-order chi connectivity index (χ1) is 53.9. The molecule has 0 bridgehead atoms. The second kappa shape index (κ2) is 61.6. The summed E-state index contributed by atoms with van der Waals surface area (Å²) in [5.74, 6) is -1.44. The van der Waals surface area contributed by atoms with Crippen LogP contribution in [0, 0.1) is 0 Å².